The van der Waals surface area contributed by atoms with E-state index in [0.29, 0.717) is 13.2 Å². The van der Waals surface area contributed by atoms with Gasteiger partial charge in [-0.3, -0.25) is 0 Å². The highest BCUT2D eigenvalue weighted by Crippen LogP contribution is 2.20. The molecule has 1 heterocycles. The third-order valence-corrected chi connectivity index (χ3v) is 3.71. The van der Waals surface area contributed by atoms with Crippen LogP contribution in [0.4, 0.5) is 0 Å². The molecule has 1 aromatic carbocycles. The van der Waals surface area contributed by atoms with Gasteiger partial charge in [-0.15, -0.1) is 11.3 Å². The van der Waals surface area contributed by atoms with Gasteiger partial charge < -0.3 is 10.5 Å². The predicted molar refractivity (Wildman–Crippen MR) is 75.0 cm³/mol. The van der Waals surface area contributed by atoms with E-state index < -0.39 is 0 Å². The summed E-state index contributed by atoms with van der Waals surface area (Å²) in [5, 5.41) is 3.22. The third-order valence-electron chi connectivity index (χ3n) is 2.66. The SMILES string of the molecule is CCc1nc(COc2ccccc2CCN)cs1. The number of benzene rings is 1. The minimum Gasteiger partial charge on any atom is -0.487 e. The van der Waals surface area contributed by atoms with E-state index in [1.54, 1.807) is 11.3 Å². The van der Waals surface area contributed by atoms with Gasteiger partial charge in [-0.05, 0) is 31.0 Å². The lowest BCUT2D eigenvalue weighted by Crippen LogP contribution is -2.05. The van der Waals surface area contributed by atoms with E-state index in [1.807, 2.05) is 18.2 Å². The van der Waals surface area contributed by atoms with E-state index >= 15 is 0 Å². The molecule has 0 aliphatic carbocycles. The van der Waals surface area contributed by atoms with E-state index in [2.05, 4.69) is 23.4 Å². The number of para-hydroxylation sites is 1. The molecule has 18 heavy (non-hydrogen) atoms. The number of rotatable bonds is 6. The molecule has 96 valence electrons. The van der Waals surface area contributed by atoms with Crippen LogP contribution >= 0.6 is 11.3 Å². The highest BCUT2D eigenvalue weighted by molar-refractivity contribution is 7.09. The normalized spacial score (nSPS) is 10.6. The zero-order chi connectivity index (χ0) is 12.8. The Hall–Kier alpha value is -1.39. The second-order valence-corrected chi connectivity index (χ2v) is 4.96. The lowest BCUT2D eigenvalue weighted by atomic mass is 10.1. The van der Waals surface area contributed by atoms with Gasteiger partial charge in [0.2, 0.25) is 0 Å². The van der Waals surface area contributed by atoms with Crippen LogP contribution in [0.1, 0.15) is 23.2 Å². The fourth-order valence-electron chi connectivity index (χ4n) is 1.74. The molecule has 2 rings (SSSR count). The van der Waals surface area contributed by atoms with Crippen LogP contribution in [0, 0.1) is 0 Å². The van der Waals surface area contributed by atoms with Gasteiger partial charge in [0.25, 0.3) is 0 Å². The first kappa shape index (κ1) is 13.1. The Kier molecular flexibility index (Phi) is 4.73. The second kappa shape index (κ2) is 6.52. The lowest BCUT2D eigenvalue weighted by Gasteiger charge is -2.09. The van der Waals surface area contributed by atoms with Crippen molar-refractivity contribution in [2.45, 2.75) is 26.4 Å². The van der Waals surface area contributed by atoms with E-state index in [4.69, 9.17) is 10.5 Å². The molecule has 2 aromatic rings. The molecule has 1 aromatic heterocycles. The predicted octanol–water partition coefficient (Wildman–Crippen LogP) is 2.79. The lowest BCUT2D eigenvalue weighted by molar-refractivity contribution is 0.299. The summed E-state index contributed by atoms with van der Waals surface area (Å²) >= 11 is 1.69. The highest BCUT2D eigenvalue weighted by atomic mass is 32.1. The number of ether oxygens (including phenoxy) is 1. The van der Waals surface area contributed by atoms with E-state index in [9.17, 15) is 0 Å². The molecule has 0 unspecified atom stereocenters. The van der Waals surface area contributed by atoms with Crippen molar-refractivity contribution in [2.75, 3.05) is 6.54 Å². The van der Waals surface area contributed by atoms with Crippen molar-refractivity contribution in [3.8, 4) is 5.75 Å². The number of aryl methyl sites for hydroxylation is 1. The fourth-order valence-corrected chi connectivity index (χ4v) is 2.47. The first-order valence-electron chi connectivity index (χ1n) is 6.17. The fraction of sp³-hybridized carbons (Fsp3) is 0.357. The molecule has 0 spiro atoms. The van der Waals surface area contributed by atoms with Gasteiger partial charge in [0, 0.05) is 5.38 Å². The summed E-state index contributed by atoms with van der Waals surface area (Å²) in [4.78, 5) is 4.49. The Morgan fingerprint density at radius 1 is 1.33 bits per heavy atom. The topological polar surface area (TPSA) is 48.1 Å². The van der Waals surface area contributed by atoms with Crippen molar-refractivity contribution in [3.05, 3.63) is 45.9 Å². The Labute approximate surface area is 112 Å². The van der Waals surface area contributed by atoms with Crippen molar-refractivity contribution in [3.63, 3.8) is 0 Å². The maximum absolute atomic E-state index is 5.82. The smallest absolute Gasteiger partial charge is 0.131 e. The van der Waals surface area contributed by atoms with Gasteiger partial charge in [-0.25, -0.2) is 4.98 Å². The molecule has 0 aliphatic rings. The molecule has 0 aliphatic heterocycles. The summed E-state index contributed by atoms with van der Waals surface area (Å²) in [6.07, 6.45) is 1.82. The molecule has 3 nitrogen and oxygen atoms in total. The number of nitrogens with zero attached hydrogens (tertiary/aromatic N) is 1. The highest BCUT2D eigenvalue weighted by Gasteiger charge is 2.04. The summed E-state index contributed by atoms with van der Waals surface area (Å²) in [7, 11) is 0. The average molecular weight is 262 g/mol. The van der Waals surface area contributed by atoms with Crippen molar-refractivity contribution in [1.29, 1.82) is 0 Å². The molecule has 4 heteroatoms. The molecule has 0 bridgehead atoms. The zero-order valence-electron chi connectivity index (χ0n) is 10.6. The third kappa shape index (κ3) is 3.31. The van der Waals surface area contributed by atoms with Gasteiger partial charge in [0.1, 0.15) is 12.4 Å². The van der Waals surface area contributed by atoms with Gasteiger partial charge in [0.15, 0.2) is 0 Å². The minimum atomic E-state index is 0.526. The van der Waals surface area contributed by atoms with Crippen LogP contribution in [-0.2, 0) is 19.4 Å². The van der Waals surface area contributed by atoms with Gasteiger partial charge in [0.05, 0.1) is 10.7 Å². The molecule has 0 atom stereocenters. The number of nitrogens with two attached hydrogens (primary N) is 1. The van der Waals surface area contributed by atoms with E-state index in [0.717, 1.165) is 34.9 Å². The van der Waals surface area contributed by atoms with Gasteiger partial charge >= 0.3 is 0 Å². The Morgan fingerprint density at radius 3 is 2.89 bits per heavy atom. The molecule has 2 N–H and O–H groups in total. The number of aromatic nitrogens is 1. The van der Waals surface area contributed by atoms with Crippen LogP contribution in [0.5, 0.6) is 5.75 Å². The summed E-state index contributed by atoms with van der Waals surface area (Å²) in [6.45, 7) is 3.27. The Morgan fingerprint density at radius 2 is 2.17 bits per heavy atom. The molecule has 0 amide bonds. The largest absolute Gasteiger partial charge is 0.487 e. The number of thiazole rings is 1. The number of hydrogen-bond donors (Lipinski definition) is 1. The van der Waals surface area contributed by atoms with Crippen LogP contribution in [0.3, 0.4) is 0 Å². The van der Waals surface area contributed by atoms with Crippen LogP contribution in [0.2, 0.25) is 0 Å². The van der Waals surface area contributed by atoms with Crippen LogP contribution in [0.25, 0.3) is 0 Å². The zero-order valence-corrected chi connectivity index (χ0v) is 11.4. The molecular formula is C14H18N2OS. The minimum absolute atomic E-state index is 0.526. The Balaban J connectivity index is 2.01. The van der Waals surface area contributed by atoms with Crippen LogP contribution < -0.4 is 10.5 Å². The van der Waals surface area contributed by atoms with Gasteiger partial charge in [-0.2, -0.15) is 0 Å². The first-order valence-corrected chi connectivity index (χ1v) is 7.05. The number of hydrogen-bond acceptors (Lipinski definition) is 4. The molecule has 0 fully saturated rings. The van der Waals surface area contributed by atoms with Crippen LogP contribution in [0.15, 0.2) is 29.6 Å². The summed E-state index contributed by atoms with van der Waals surface area (Å²) in [5.74, 6) is 0.911. The second-order valence-electron chi connectivity index (χ2n) is 4.02. The van der Waals surface area contributed by atoms with E-state index in [1.165, 1.54) is 0 Å². The monoisotopic (exact) mass is 262 g/mol. The maximum Gasteiger partial charge on any atom is 0.131 e. The van der Waals surface area contributed by atoms with Crippen LogP contribution in [-0.4, -0.2) is 11.5 Å². The van der Waals surface area contributed by atoms with Gasteiger partial charge in [-0.1, -0.05) is 25.1 Å². The summed E-state index contributed by atoms with van der Waals surface area (Å²) < 4.78 is 5.82. The van der Waals surface area contributed by atoms with Crippen molar-refractivity contribution < 1.29 is 4.74 Å². The summed E-state index contributed by atoms with van der Waals surface area (Å²) in [5.41, 5.74) is 7.75. The molecule has 0 saturated heterocycles. The van der Waals surface area contributed by atoms with Crippen molar-refractivity contribution >= 4 is 11.3 Å². The van der Waals surface area contributed by atoms with E-state index in [-0.39, 0.29) is 0 Å². The van der Waals surface area contributed by atoms with Crippen molar-refractivity contribution in [1.82, 2.24) is 4.98 Å². The maximum atomic E-state index is 5.82. The quantitative estimate of drug-likeness (QED) is 0.871. The first-order chi connectivity index (χ1) is 8.83. The standard InChI is InChI=1S/C14H18N2OS/c1-2-14-16-12(10-18-14)9-17-13-6-4-3-5-11(13)7-8-15/h3-6,10H,2,7-9,15H2,1H3. The average Bonchev–Trinajstić information content (AvgIpc) is 2.86. The molecular weight excluding hydrogens is 244 g/mol. The summed E-state index contributed by atoms with van der Waals surface area (Å²) in [6, 6.07) is 8.03. The molecule has 0 radical (unpaired) electrons. The Bertz CT molecular complexity index is 496. The van der Waals surface area contributed by atoms with Crippen molar-refractivity contribution in [2.24, 2.45) is 5.73 Å². The molecule has 0 saturated carbocycles.